The highest BCUT2D eigenvalue weighted by Crippen LogP contribution is 2.44. The van der Waals surface area contributed by atoms with Crippen LogP contribution in [0.15, 0.2) is 24.8 Å². The number of nitrogens with zero attached hydrogens (tertiary/aromatic N) is 4. The fourth-order valence-electron chi connectivity index (χ4n) is 4.72. The number of anilines is 1. The van der Waals surface area contributed by atoms with E-state index in [-0.39, 0.29) is 12.1 Å². The van der Waals surface area contributed by atoms with E-state index in [1.807, 2.05) is 6.33 Å². The Bertz CT molecular complexity index is 777. The van der Waals surface area contributed by atoms with Crippen LogP contribution in [0.5, 0.6) is 0 Å². The first kappa shape index (κ1) is 19.0. The molecule has 2 aromatic rings. The summed E-state index contributed by atoms with van der Waals surface area (Å²) >= 11 is 0. The van der Waals surface area contributed by atoms with Gasteiger partial charge in [-0.2, -0.15) is 0 Å². The summed E-state index contributed by atoms with van der Waals surface area (Å²) in [5, 5.41) is 0. The molecule has 142 valence electrons. The van der Waals surface area contributed by atoms with Gasteiger partial charge in [-0.3, -0.25) is 0 Å². The maximum atomic E-state index is 6.91. The molecule has 2 heterocycles. The zero-order valence-electron chi connectivity index (χ0n) is 16.7. The largest absolute Gasteiger partial charge is 0.410 e. The number of nitrogen functional groups attached to an aromatic ring is 1. The summed E-state index contributed by atoms with van der Waals surface area (Å²) in [6.07, 6.45) is 8.80. The number of aromatic nitrogens is 4. The minimum atomic E-state index is -1.89. The molecule has 0 aliphatic heterocycles. The molecule has 0 spiro atoms. The fraction of sp³-hybridized carbons (Fsp3) is 0.632. The van der Waals surface area contributed by atoms with E-state index < -0.39 is 8.32 Å². The van der Waals surface area contributed by atoms with Gasteiger partial charge in [-0.1, -0.05) is 53.7 Å². The van der Waals surface area contributed by atoms with E-state index in [1.165, 1.54) is 6.33 Å². The van der Waals surface area contributed by atoms with Crippen LogP contribution in [0.25, 0.3) is 11.2 Å². The molecular weight excluding hydrogens is 342 g/mol. The van der Waals surface area contributed by atoms with Crippen molar-refractivity contribution in [3.63, 3.8) is 0 Å². The molecule has 6 nitrogen and oxygen atoms in total. The van der Waals surface area contributed by atoms with Gasteiger partial charge in [-0.25, -0.2) is 15.0 Å². The van der Waals surface area contributed by atoms with Gasteiger partial charge in [0.1, 0.15) is 11.8 Å². The van der Waals surface area contributed by atoms with Gasteiger partial charge in [0.25, 0.3) is 0 Å². The van der Waals surface area contributed by atoms with Crippen molar-refractivity contribution in [2.45, 2.75) is 76.7 Å². The Balaban J connectivity index is 1.82. The topological polar surface area (TPSA) is 78.9 Å². The quantitative estimate of drug-likeness (QED) is 0.597. The molecule has 0 fully saturated rings. The highest BCUT2D eigenvalue weighted by atomic mass is 28.4. The minimum absolute atomic E-state index is 0.149. The smallest absolute Gasteiger partial charge is 0.201 e. The molecule has 2 aromatic heterocycles. The van der Waals surface area contributed by atoms with Gasteiger partial charge in [0.15, 0.2) is 11.5 Å². The fourth-order valence-corrected chi connectivity index (χ4v) is 10.2. The number of hydrogen-bond acceptors (Lipinski definition) is 5. The van der Waals surface area contributed by atoms with Crippen LogP contribution in [0.4, 0.5) is 5.82 Å². The highest BCUT2D eigenvalue weighted by Gasteiger charge is 2.47. The monoisotopic (exact) mass is 373 g/mol. The van der Waals surface area contributed by atoms with E-state index in [1.54, 1.807) is 0 Å². The summed E-state index contributed by atoms with van der Waals surface area (Å²) in [5.74, 6) is 0.425. The van der Waals surface area contributed by atoms with E-state index >= 15 is 0 Å². The predicted octanol–water partition coefficient (Wildman–Crippen LogP) is 4.47. The lowest BCUT2D eigenvalue weighted by Crippen LogP contribution is -2.49. The average molecular weight is 374 g/mol. The lowest BCUT2D eigenvalue weighted by Gasteiger charge is -2.44. The number of fused-ring (bicyclic) bond motifs is 1. The van der Waals surface area contributed by atoms with Gasteiger partial charge in [-0.05, 0) is 16.6 Å². The van der Waals surface area contributed by atoms with Crippen LogP contribution in [0, 0.1) is 0 Å². The predicted molar refractivity (Wildman–Crippen MR) is 108 cm³/mol. The lowest BCUT2D eigenvalue weighted by atomic mass is 10.2. The van der Waals surface area contributed by atoms with Crippen molar-refractivity contribution >= 4 is 25.3 Å². The second-order valence-corrected chi connectivity index (χ2v) is 13.7. The number of allylic oxidation sites excluding steroid dienone is 1. The molecule has 2 atom stereocenters. The molecule has 2 unspecified atom stereocenters. The first-order valence-corrected chi connectivity index (χ1v) is 11.7. The molecule has 7 heteroatoms. The first-order valence-electron chi connectivity index (χ1n) is 9.56. The van der Waals surface area contributed by atoms with Gasteiger partial charge in [-0.15, -0.1) is 0 Å². The number of rotatable bonds is 6. The summed E-state index contributed by atoms with van der Waals surface area (Å²) in [6, 6.07) is 0.192. The van der Waals surface area contributed by atoms with Gasteiger partial charge in [0.05, 0.1) is 18.5 Å². The highest BCUT2D eigenvalue weighted by molar-refractivity contribution is 6.77. The summed E-state index contributed by atoms with van der Waals surface area (Å²) in [7, 11) is -1.89. The van der Waals surface area contributed by atoms with E-state index in [0.29, 0.717) is 28.0 Å². The summed E-state index contributed by atoms with van der Waals surface area (Å²) in [4.78, 5) is 12.8. The minimum Gasteiger partial charge on any atom is -0.410 e. The Morgan fingerprint density at radius 1 is 1.04 bits per heavy atom. The molecule has 26 heavy (non-hydrogen) atoms. The van der Waals surface area contributed by atoms with Crippen LogP contribution < -0.4 is 5.73 Å². The second kappa shape index (κ2) is 7.11. The van der Waals surface area contributed by atoms with Crippen LogP contribution in [0.3, 0.4) is 0 Å². The molecular formula is C19H31N5OSi. The van der Waals surface area contributed by atoms with Crippen molar-refractivity contribution in [3.8, 4) is 0 Å². The summed E-state index contributed by atoms with van der Waals surface area (Å²) in [6.45, 7) is 13.9. The SMILES string of the molecule is CC(C)[Si](OC1C=CC(n2cnc3c(N)ncnc32)C1)(C(C)C)C(C)C. The third kappa shape index (κ3) is 3.07. The van der Waals surface area contributed by atoms with Crippen molar-refractivity contribution in [3.05, 3.63) is 24.8 Å². The average Bonchev–Trinajstić information content (AvgIpc) is 3.18. The molecule has 0 radical (unpaired) electrons. The number of nitrogens with two attached hydrogens (primary N) is 1. The molecule has 3 rings (SSSR count). The summed E-state index contributed by atoms with van der Waals surface area (Å²) < 4.78 is 8.99. The van der Waals surface area contributed by atoms with Crippen LogP contribution in [-0.2, 0) is 4.43 Å². The Morgan fingerprint density at radius 2 is 1.69 bits per heavy atom. The second-order valence-electron chi connectivity index (χ2n) is 8.24. The number of imidazole rings is 1. The van der Waals surface area contributed by atoms with Crippen molar-refractivity contribution in [2.24, 2.45) is 0 Å². The first-order chi connectivity index (χ1) is 12.3. The Kier molecular flexibility index (Phi) is 5.21. The van der Waals surface area contributed by atoms with E-state index in [4.69, 9.17) is 10.2 Å². The van der Waals surface area contributed by atoms with E-state index in [0.717, 1.165) is 12.1 Å². The molecule has 0 saturated carbocycles. The van der Waals surface area contributed by atoms with E-state index in [2.05, 4.69) is 73.2 Å². The maximum Gasteiger partial charge on any atom is 0.201 e. The van der Waals surface area contributed by atoms with Crippen LogP contribution >= 0.6 is 0 Å². The van der Waals surface area contributed by atoms with Gasteiger partial charge >= 0.3 is 0 Å². The normalized spacial score (nSPS) is 21.0. The Morgan fingerprint density at radius 3 is 2.31 bits per heavy atom. The van der Waals surface area contributed by atoms with Crippen molar-refractivity contribution in [1.82, 2.24) is 19.5 Å². The Hall–Kier alpha value is -1.73. The zero-order chi connectivity index (χ0) is 19.1. The van der Waals surface area contributed by atoms with Crippen LogP contribution in [0.1, 0.15) is 54.0 Å². The van der Waals surface area contributed by atoms with Crippen LogP contribution in [0.2, 0.25) is 16.6 Å². The summed E-state index contributed by atoms with van der Waals surface area (Å²) in [5.41, 5.74) is 9.11. The van der Waals surface area contributed by atoms with Gasteiger partial charge in [0.2, 0.25) is 8.32 Å². The molecule has 2 N–H and O–H groups in total. The third-order valence-corrected chi connectivity index (χ3v) is 12.0. The molecule has 0 bridgehead atoms. The van der Waals surface area contributed by atoms with Crippen molar-refractivity contribution in [2.75, 3.05) is 5.73 Å². The number of hydrogen-bond donors (Lipinski definition) is 1. The standard InChI is InChI=1S/C19H31N5OSi/c1-12(2)26(13(3)4,14(5)6)25-16-8-7-15(9-16)24-11-23-17-18(20)21-10-22-19(17)24/h7-8,10-16H,9H2,1-6H3,(H2,20,21,22). The van der Waals surface area contributed by atoms with Crippen LogP contribution in [-0.4, -0.2) is 33.9 Å². The molecule has 1 aliphatic carbocycles. The molecule has 0 amide bonds. The van der Waals surface area contributed by atoms with Gasteiger partial charge < -0.3 is 14.7 Å². The third-order valence-electron chi connectivity index (χ3n) is 5.83. The molecule has 0 aromatic carbocycles. The molecule has 0 saturated heterocycles. The van der Waals surface area contributed by atoms with E-state index in [9.17, 15) is 0 Å². The Labute approximate surface area is 157 Å². The van der Waals surface area contributed by atoms with Gasteiger partial charge in [0, 0.05) is 6.42 Å². The zero-order valence-corrected chi connectivity index (χ0v) is 17.7. The van der Waals surface area contributed by atoms with Crippen molar-refractivity contribution < 1.29 is 4.43 Å². The lowest BCUT2D eigenvalue weighted by molar-refractivity contribution is 0.205. The maximum absolute atomic E-state index is 6.91. The molecule has 1 aliphatic rings. The van der Waals surface area contributed by atoms with Crippen molar-refractivity contribution in [1.29, 1.82) is 0 Å².